The molecule has 0 bridgehead atoms. The number of anilines is 9. The largest absolute Gasteiger partial charge is 0.310 e. The van der Waals surface area contributed by atoms with Crippen LogP contribution in [0.25, 0.3) is 99.9 Å². The van der Waals surface area contributed by atoms with Crippen LogP contribution in [0.1, 0.15) is 113 Å². The lowest BCUT2D eigenvalue weighted by molar-refractivity contribution is 0.490. The predicted octanol–water partition coefficient (Wildman–Crippen LogP) is 28.0. The topological polar surface area (TPSA) is 48.4 Å². The van der Waals surface area contributed by atoms with Crippen molar-refractivity contribution in [2.75, 3.05) is 14.7 Å². The van der Waals surface area contributed by atoms with Crippen LogP contribution >= 0.6 is 0 Å². The molecule has 3 aliphatic rings. The van der Waals surface area contributed by atoms with Gasteiger partial charge in [-0.15, -0.1) is 0 Å². The number of hydrogen-bond acceptors (Lipinski definition) is 6. The van der Waals surface area contributed by atoms with Gasteiger partial charge >= 0.3 is 0 Å². The number of fused-ring (bicyclic) bond motifs is 12. The molecule has 522 valence electrons. The minimum atomic E-state index is -0.298. The van der Waals surface area contributed by atoms with E-state index in [1.807, 2.05) is 0 Å². The molecule has 0 N–H and O–H groups in total. The molecule has 6 heteroatoms. The summed E-state index contributed by atoms with van der Waals surface area (Å²) in [4.78, 5) is 24.5. The second-order valence-electron chi connectivity index (χ2n) is 29.7. The van der Waals surface area contributed by atoms with E-state index in [1.165, 1.54) is 99.1 Å². The molecule has 1 aromatic heterocycles. The van der Waals surface area contributed by atoms with Crippen molar-refractivity contribution in [3.05, 3.63) is 361 Å². The molecule has 0 saturated heterocycles. The van der Waals surface area contributed by atoms with Gasteiger partial charge < -0.3 is 14.7 Å². The van der Waals surface area contributed by atoms with Gasteiger partial charge in [-0.05, 0) is 231 Å². The van der Waals surface area contributed by atoms with Gasteiger partial charge in [0.2, 0.25) is 0 Å². The summed E-state index contributed by atoms with van der Waals surface area (Å²) in [5, 5.41) is 7.26. The van der Waals surface area contributed by atoms with Crippen LogP contribution < -0.4 is 14.7 Å². The molecule has 19 rings (SSSR count). The lowest BCUT2D eigenvalue weighted by Gasteiger charge is -2.32. The number of rotatable bonds is 18. The zero-order valence-corrected chi connectivity index (χ0v) is 62.1. The van der Waals surface area contributed by atoms with Crippen LogP contribution in [0.4, 0.5) is 51.2 Å². The third kappa shape index (κ3) is 10.3. The van der Waals surface area contributed by atoms with Crippen LogP contribution in [0.5, 0.6) is 0 Å². The highest BCUT2D eigenvalue weighted by molar-refractivity contribution is 6.03. The van der Waals surface area contributed by atoms with Crippen molar-refractivity contribution in [2.24, 2.45) is 0 Å². The van der Waals surface area contributed by atoms with Gasteiger partial charge in [-0.25, -0.2) is 15.0 Å². The first kappa shape index (κ1) is 66.2. The first-order valence-corrected chi connectivity index (χ1v) is 38.8. The summed E-state index contributed by atoms with van der Waals surface area (Å²) in [5.74, 6) is 1.96. The first-order valence-electron chi connectivity index (χ1n) is 38.8. The standard InChI is InChI=1S/C102H84N6/c1-7-100(8-2)88-61-70(49-55-82(88)85-58-52-76(64-91(85)100)106(73-37-16-13-17-38-73)94-46-28-34-67-31-22-25-43-79(67)94)97-103-98(71-50-56-83-86-59-53-77(65-92(86)101(9-3,10-4)89(83)62-71)107(74-39-18-14-19-40-74)95-47-29-35-68-32-23-26-44-80(68)95)105-99(104-97)72-51-57-84-87-60-54-78(66-93(87)102(11-5,12-6)90(84)63-72)108(75-41-20-15-21-42-75)96-48-30-36-69-33-24-27-45-81(69)96/h13-66H,7-12H2,1-6H3. The molecule has 0 atom stereocenters. The summed E-state index contributed by atoms with van der Waals surface area (Å²) in [6, 6.07) is 122. The van der Waals surface area contributed by atoms with Crippen molar-refractivity contribution in [2.45, 2.75) is 96.3 Å². The number of aromatic nitrogens is 3. The van der Waals surface area contributed by atoms with Crippen molar-refractivity contribution in [1.82, 2.24) is 15.0 Å². The van der Waals surface area contributed by atoms with Crippen LogP contribution in [-0.4, -0.2) is 15.0 Å². The average Bonchev–Trinajstić information content (AvgIpc) is 1.57. The van der Waals surface area contributed by atoms with Gasteiger partial charge in [-0.2, -0.15) is 0 Å². The van der Waals surface area contributed by atoms with E-state index in [0.29, 0.717) is 17.5 Å². The van der Waals surface area contributed by atoms with E-state index in [0.717, 1.165) is 106 Å². The SMILES string of the molecule is CCC1(CC)c2cc(-c3nc(-c4ccc5c(c4)C(CC)(CC)c4cc(N(c6ccccc6)c6cccc7ccccc67)ccc4-5)nc(-c4ccc5c(c4)C(CC)(CC)c4cc(N(c6ccccc6)c6cccc7ccccc67)ccc4-5)n3)ccc2-c2ccc(N(c3ccccc3)c3cccc4ccccc34)cc21. The van der Waals surface area contributed by atoms with E-state index in [4.69, 9.17) is 15.0 Å². The van der Waals surface area contributed by atoms with Crippen LogP contribution in [0.3, 0.4) is 0 Å². The molecule has 3 aliphatic carbocycles. The molecule has 108 heavy (non-hydrogen) atoms. The summed E-state index contributed by atoms with van der Waals surface area (Å²) in [7, 11) is 0. The summed E-state index contributed by atoms with van der Waals surface area (Å²) in [6.07, 6.45) is 5.48. The second kappa shape index (κ2) is 26.5. The molecule has 16 aromatic rings. The Balaban J connectivity index is 0.759. The maximum atomic E-state index is 5.73. The molecule has 0 radical (unpaired) electrons. The van der Waals surface area contributed by atoms with Crippen molar-refractivity contribution in [3.63, 3.8) is 0 Å². The van der Waals surface area contributed by atoms with Crippen LogP contribution in [0.15, 0.2) is 328 Å². The highest BCUT2D eigenvalue weighted by Gasteiger charge is 2.45. The number of para-hydroxylation sites is 3. The molecule has 0 spiro atoms. The van der Waals surface area contributed by atoms with Crippen molar-refractivity contribution < 1.29 is 0 Å². The molecule has 6 nitrogen and oxygen atoms in total. The molecule has 0 fully saturated rings. The number of nitrogens with zero attached hydrogens (tertiary/aromatic N) is 6. The fraction of sp³-hybridized carbons (Fsp3) is 0.147. The molecule has 0 amide bonds. The first-order chi connectivity index (χ1) is 53.2. The highest BCUT2D eigenvalue weighted by atomic mass is 15.2. The van der Waals surface area contributed by atoms with Gasteiger partial charge in [0.05, 0.1) is 17.1 Å². The van der Waals surface area contributed by atoms with E-state index in [9.17, 15) is 0 Å². The lowest BCUT2D eigenvalue weighted by atomic mass is 9.73. The molecular formula is C102H84N6. The summed E-state index contributed by atoms with van der Waals surface area (Å²) in [6.45, 7) is 14.2. The minimum Gasteiger partial charge on any atom is -0.310 e. The Hall–Kier alpha value is -12.5. The van der Waals surface area contributed by atoms with Gasteiger partial charge in [-0.1, -0.05) is 260 Å². The maximum absolute atomic E-state index is 5.73. The molecule has 0 saturated carbocycles. The monoisotopic (exact) mass is 1390 g/mol. The minimum absolute atomic E-state index is 0.298. The van der Waals surface area contributed by atoms with Gasteiger partial charge in [0, 0.05) is 83.2 Å². The maximum Gasteiger partial charge on any atom is 0.164 e. The van der Waals surface area contributed by atoms with E-state index in [-0.39, 0.29) is 16.2 Å². The zero-order chi connectivity index (χ0) is 72.8. The van der Waals surface area contributed by atoms with Crippen LogP contribution in [-0.2, 0) is 16.2 Å². The fourth-order valence-corrected chi connectivity index (χ4v) is 19.3. The summed E-state index contributed by atoms with van der Waals surface area (Å²) < 4.78 is 0. The third-order valence-electron chi connectivity index (χ3n) is 24.9. The van der Waals surface area contributed by atoms with Crippen molar-refractivity contribution >= 4 is 83.5 Å². The Morgan fingerprint density at radius 2 is 0.444 bits per heavy atom. The zero-order valence-electron chi connectivity index (χ0n) is 62.1. The lowest BCUT2D eigenvalue weighted by Crippen LogP contribution is -2.24. The van der Waals surface area contributed by atoms with E-state index >= 15 is 0 Å². The van der Waals surface area contributed by atoms with Gasteiger partial charge in [0.25, 0.3) is 0 Å². The van der Waals surface area contributed by atoms with E-state index < -0.39 is 0 Å². The Kier molecular flexibility index (Phi) is 16.3. The van der Waals surface area contributed by atoms with E-state index in [2.05, 4.69) is 384 Å². The van der Waals surface area contributed by atoms with Crippen molar-refractivity contribution in [3.8, 4) is 67.5 Å². The quantitative estimate of drug-likeness (QED) is 0.0853. The summed E-state index contributed by atoms with van der Waals surface area (Å²) in [5.41, 5.74) is 27.8. The third-order valence-corrected chi connectivity index (χ3v) is 24.9. The Bertz CT molecular complexity index is 5560. The highest BCUT2D eigenvalue weighted by Crippen LogP contribution is 2.59. The number of hydrogen-bond donors (Lipinski definition) is 0. The fourth-order valence-electron chi connectivity index (χ4n) is 19.3. The van der Waals surface area contributed by atoms with Crippen molar-refractivity contribution in [1.29, 1.82) is 0 Å². The summed E-state index contributed by atoms with van der Waals surface area (Å²) >= 11 is 0. The second-order valence-corrected chi connectivity index (χ2v) is 29.7. The molecule has 1 heterocycles. The average molecular weight is 1390 g/mol. The normalized spacial score (nSPS) is 13.7. The smallest absolute Gasteiger partial charge is 0.164 e. The number of benzene rings is 15. The predicted molar refractivity (Wildman–Crippen MR) is 453 cm³/mol. The van der Waals surface area contributed by atoms with Gasteiger partial charge in [-0.3, -0.25) is 0 Å². The van der Waals surface area contributed by atoms with Crippen LogP contribution in [0, 0.1) is 0 Å². The van der Waals surface area contributed by atoms with E-state index in [1.54, 1.807) is 0 Å². The van der Waals surface area contributed by atoms with Gasteiger partial charge in [0.1, 0.15) is 0 Å². The van der Waals surface area contributed by atoms with Gasteiger partial charge in [0.15, 0.2) is 17.5 Å². The molecule has 15 aromatic carbocycles. The molecule has 0 unspecified atom stereocenters. The Morgan fingerprint density at radius 1 is 0.213 bits per heavy atom. The van der Waals surface area contributed by atoms with Crippen LogP contribution in [0.2, 0.25) is 0 Å². The Morgan fingerprint density at radius 3 is 0.713 bits per heavy atom. The molecule has 0 aliphatic heterocycles. The molecular weight excluding hydrogens is 1310 g/mol. The Labute approximate surface area is 634 Å².